The number of piperidine rings is 1. The number of primary amides is 1. The first kappa shape index (κ1) is 31.2. The predicted molar refractivity (Wildman–Crippen MR) is 157 cm³/mol. The van der Waals surface area contributed by atoms with E-state index in [1.54, 1.807) is 56.3 Å². The fourth-order valence-electron chi connectivity index (χ4n) is 5.68. The minimum Gasteiger partial charge on any atom is -0.465 e. The van der Waals surface area contributed by atoms with E-state index in [1.807, 2.05) is 0 Å². The Bertz CT molecular complexity index is 1590. The average molecular weight is 588 g/mol. The van der Waals surface area contributed by atoms with Gasteiger partial charge in [-0.25, -0.2) is 9.18 Å². The van der Waals surface area contributed by atoms with Crippen LogP contribution in [0.3, 0.4) is 0 Å². The van der Waals surface area contributed by atoms with E-state index in [-0.39, 0.29) is 59.4 Å². The van der Waals surface area contributed by atoms with E-state index in [2.05, 4.69) is 0 Å². The van der Waals surface area contributed by atoms with Gasteiger partial charge < -0.3 is 15.4 Å². The van der Waals surface area contributed by atoms with Crippen LogP contribution in [0.15, 0.2) is 66.7 Å². The van der Waals surface area contributed by atoms with Crippen LogP contribution < -0.4 is 5.73 Å². The Morgan fingerprint density at radius 3 is 1.91 bits per heavy atom. The molecule has 9 nitrogen and oxygen atoms in total. The van der Waals surface area contributed by atoms with Crippen LogP contribution in [0.1, 0.15) is 58.5 Å². The summed E-state index contributed by atoms with van der Waals surface area (Å²) in [5.41, 5.74) is 7.01. The number of ether oxygens (including phenoxy) is 1. The lowest BCUT2D eigenvalue weighted by molar-refractivity contribution is -0.130. The monoisotopic (exact) mass is 587 g/mol. The van der Waals surface area contributed by atoms with Crippen molar-refractivity contribution in [2.24, 2.45) is 17.6 Å². The number of hydrogen-bond acceptors (Lipinski definition) is 7. The molecule has 1 fully saturated rings. The second-order valence-corrected chi connectivity index (χ2v) is 10.9. The first-order valence-electron chi connectivity index (χ1n) is 13.8. The SMILES string of the molecule is COC(=O)c1cccc(C(=O)[C@@H]2CN(CC(=O)N(C)C)C[C@H](C(=O)c3cccc(C(N)=O)c3)[C@H]2c2cccc(F)c2C)c1. The molecule has 1 heterocycles. The summed E-state index contributed by atoms with van der Waals surface area (Å²) in [4.78, 5) is 68.7. The number of amides is 2. The molecule has 0 aromatic heterocycles. The third kappa shape index (κ3) is 6.70. The quantitative estimate of drug-likeness (QED) is 0.300. The predicted octanol–water partition coefficient (Wildman–Crippen LogP) is 3.51. The van der Waals surface area contributed by atoms with E-state index in [4.69, 9.17) is 10.5 Å². The molecule has 0 radical (unpaired) electrons. The molecular formula is C33H34FN3O6. The number of halogens is 1. The molecule has 0 spiro atoms. The summed E-state index contributed by atoms with van der Waals surface area (Å²) >= 11 is 0. The highest BCUT2D eigenvalue weighted by molar-refractivity contribution is 6.04. The lowest BCUT2D eigenvalue weighted by Crippen LogP contribution is -2.52. The Balaban J connectivity index is 1.89. The van der Waals surface area contributed by atoms with Gasteiger partial charge in [0.15, 0.2) is 11.6 Å². The number of nitrogens with two attached hydrogens (primary N) is 1. The number of likely N-dealkylation sites (N-methyl/N-ethyl adjacent to an activating group) is 1. The van der Waals surface area contributed by atoms with Gasteiger partial charge in [-0.3, -0.25) is 24.1 Å². The molecule has 224 valence electrons. The number of carbonyl (C=O) groups excluding carboxylic acids is 5. The summed E-state index contributed by atoms with van der Waals surface area (Å²) in [5.74, 6) is -5.35. The van der Waals surface area contributed by atoms with Crippen molar-refractivity contribution in [1.29, 1.82) is 0 Å². The van der Waals surface area contributed by atoms with Gasteiger partial charge in [-0.2, -0.15) is 0 Å². The van der Waals surface area contributed by atoms with E-state index >= 15 is 0 Å². The van der Waals surface area contributed by atoms with Gasteiger partial charge in [-0.05, 0) is 48.4 Å². The molecule has 0 saturated carbocycles. The van der Waals surface area contributed by atoms with Crippen molar-refractivity contribution in [3.8, 4) is 0 Å². The van der Waals surface area contributed by atoms with Crippen LogP contribution in [0.25, 0.3) is 0 Å². The molecule has 4 rings (SSSR count). The second-order valence-electron chi connectivity index (χ2n) is 10.9. The highest BCUT2D eigenvalue weighted by Gasteiger charge is 2.46. The number of ketones is 2. The largest absolute Gasteiger partial charge is 0.465 e. The molecule has 3 aromatic carbocycles. The number of hydrogen-bond donors (Lipinski definition) is 1. The zero-order valence-electron chi connectivity index (χ0n) is 24.5. The van der Waals surface area contributed by atoms with Crippen LogP contribution in [0.4, 0.5) is 4.39 Å². The number of nitrogens with zero attached hydrogens (tertiary/aromatic N) is 2. The number of Topliss-reactive ketones (excluding diaryl/α,β-unsaturated/α-hetero) is 2. The van der Waals surface area contributed by atoms with Crippen LogP contribution in [-0.4, -0.2) is 80.0 Å². The molecular weight excluding hydrogens is 553 g/mol. The van der Waals surface area contributed by atoms with E-state index < -0.39 is 35.4 Å². The fraction of sp³-hybridized carbons (Fsp3) is 0.303. The van der Waals surface area contributed by atoms with Crippen LogP contribution >= 0.6 is 0 Å². The number of rotatable bonds is 9. The molecule has 0 unspecified atom stereocenters. The van der Waals surface area contributed by atoms with Gasteiger partial charge in [-0.15, -0.1) is 0 Å². The van der Waals surface area contributed by atoms with Crippen molar-refractivity contribution in [2.45, 2.75) is 12.8 Å². The first-order valence-corrected chi connectivity index (χ1v) is 13.8. The summed E-state index contributed by atoms with van der Waals surface area (Å²) < 4.78 is 19.8. The molecule has 10 heteroatoms. The third-order valence-corrected chi connectivity index (χ3v) is 7.98. The minimum atomic E-state index is -0.898. The van der Waals surface area contributed by atoms with E-state index in [0.29, 0.717) is 11.1 Å². The van der Waals surface area contributed by atoms with Crippen molar-refractivity contribution in [1.82, 2.24) is 9.80 Å². The molecule has 43 heavy (non-hydrogen) atoms. The number of likely N-dealkylation sites (tertiary alicyclic amines) is 1. The normalized spacial score (nSPS) is 18.5. The summed E-state index contributed by atoms with van der Waals surface area (Å²) in [6.07, 6.45) is 0. The molecule has 2 amide bonds. The van der Waals surface area contributed by atoms with Gasteiger partial charge >= 0.3 is 5.97 Å². The Morgan fingerprint density at radius 2 is 1.37 bits per heavy atom. The lowest BCUT2D eigenvalue weighted by atomic mass is 9.67. The van der Waals surface area contributed by atoms with Gasteiger partial charge in [0.05, 0.1) is 19.2 Å². The number of esters is 1. The molecule has 0 aliphatic carbocycles. The van der Waals surface area contributed by atoms with E-state index in [1.165, 1.54) is 48.4 Å². The Labute approximate surface area is 249 Å². The minimum absolute atomic E-state index is 0.0566. The highest BCUT2D eigenvalue weighted by Crippen LogP contribution is 2.42. The maximum absolute atomic E-state index is 15.0. The topological polar surface area (TPSA) is 127 Å². The first-order chi connectivity index (χ1) is 20.4. The fourth-order valence-corrected chi connectivity index (χ4v) is 5.68. The summed E-state index contributed by atoms with van der Waals surface area (Å²) in [6, 6.07) is 16.7. The Morgan fingerprint density at radius 1 is 0.860 bits per heavy atom. The summed E-state index contributed by atoms with van der Waals surface area (Å²) in [6.45, 7) is 1.75. The maximum Gasteiger partial charge on any atom is 0.337 e. The average Bonchev–Trinajstić information content (AvgIpc) is 3.01. The Hall–Kier alpha value is -4.70. The zero-order valence-corrected chi connectivity index (χ0v) is 24.5. The van der Waals surface area contributed by atoms with Crippen LogP contribution in [0.2, 0.25) is 0 Å². The van der Waals surface area contributed by atoms with Crippen LogP contribution in [0.5, 0.6) is 0 Å². The van der Waals surface area contributed by atoms with Crippen molar-refractivity contribution in [3.05, 3.63) is 106 Å². The zero-order chi connectivity index (χ0) is 31.4. The molecule has 2 N–H and O–H groups in total. The molecule has 1 aliphatic heterocycles. The van der Waals surface area contributed by atoms with Gasteiger partial charge in [0.2, 0.25) is 11.8 Å². The number of benzene rings is 3. The highest BCUT2D eigenvalue weighted by atomic mass is 19.1. The molecule has 0 bridgehead atoms. The molecule has 1 aliphatic rings. The number of carbonyl (C=O) groups is 5. The van der Waals surface area contributed by atoms with Crippen LogP contribution in [-0.2, 0) is 9.53 Å². The third-order valence-electron chi connectivity index (χ3n) is 7.98. The summed E-state index contributed by atoms with van der Waals surface area (Å²) in [7, 11) is 4.47. The van der Waals surface area contributed by atoms with Crippen molar-refractivity contribution < 1.29 is 33.1 Å². The van der Waals surface area contributed by atoms with Gasteiger partial charge in [0, 0.05) is 61.6 Å². The molecule has 3 atom stereocenters. The molecule has 3 aromatic rings. The van der Waals surface area contributed by atoms with Gasteiger partial charge in [0.25, 0.3) is 0 Å². The van der Waals surface area contributed by atoms with Crippen molar-refractivity contribution >= 4 is 29.4 Å². The standard InChI is InChI=1S/C33H34FN3O6/c1-19-24(12-7-13-27(19)34)29-25(30(39)20-8-5-10-22(14-20)32(35)41)16-37(18-28(38)36(2)3)17-26(29)31(40)21-9-6-11-23(15-21)33(42)43-4/h5-15,25-26,29H,16-18H2,1-4H3,(H2,35,41)/t25-,26+,29+/m0/s1. The van der Waals surface area contributed by atoms with Crippen molar-refractivity contribution in [2.75, 3.05) is 40.8 Å². The second kappa shape index (κ2) is 13.1. The summed E-state index contributed by atoms with van der Waals surface area (Å²) in [5, 5.41) is 0. The maximum atomic E-state index is 15.0. The van der Waals surface area contributed by atoms with Gasteiger partial charge in [0.1, 0.15) is 5.82 Å². The van der Waals surface area contributed by atoms with E-state index in [9.17, 15) is 28.4 Å². The van der Waals surface area contributed by atoms with Crippen molar-refractivity contribution in [3.63, 3.8) is 0 Å². The number of methoxy groups -OCH3 is 1. The van der Waals surface area contributed by atoms with E-state index in [0.717, 1.165) is 0 Å². The van der Waals surface area contributed by atoms with Crippen LogP contribution in [0, 0.1) is 24.6 Å². The van der Waals surface area contributed by atoms with Gasteiger partial charge in [-0.1, -0.05) is 36.4 Å². The Kier molecular flexibility index (Phi) is 9.50. The lowest BCUT2D eigenvalue weighted by Gasteiger charge is -2.43. The molecule has 1 saturated heterocycles. The smallest absolute Gasteiger partial charge is 0.337 e.